The molecule has 0 saturated carbocycles. The van der Waals surface area contributed by atoms with Crippen molar-refractivity contribution in [2.24, 2.45) is 0 Å². The molecule has 0 aliphatic carbocycles. The minimum absolute atomic E-state index is 0.0251. The Morgan fingerprint density at radius 1 is 1.07 bits per heavy atom. The molecule has 4 aromatic rings. The van der Waals surface area contributed by atoms with Crippen LogP contribution in [-0.2, 0) is 6.54 Å². The summed E-state index contributed by atoms with van der Waals surface area (Å²) < 4.78 is 7.54. The first kappa shape index (κ1) is 27.6. The van der Waals surface area contributed by atoms with Crippen LogP contribution >= 0.6 is 0 Å². The van der Waals surface area contributed by atoms with Gasteiger partial charge in [-0.05, 0) is 32.5 Å². The zero-order chi connectivity index (χ0) is 28.1. The molecule has 1 aliphatic heterocycles. The number of hydrogen-bond donors (Lipinski definition) is 3. The van der Waals surface area contributed by atoms with Crippen LogP contribution in [0.5, 0.6) is 5.75 Å². The van der Waals surface area contributed by atoms with E-state index in [0.29, 0.717) is 18.3 Å². The molecule has 1 unspecified atom stereocenters. The first-order valence-corrected chi connectivity index (χ1v) is 13.7. The van der Waals surface area contributed by atoms with E-state index in [-0.39, 0.29) is 12.6 Å². The van der Waals surface area contributed by atoms with Crippen LogP contribution in [0.4, 0.5) is 17.3 Å². The van der Waals surface area contributed by atoms with E-state index in [1.807, 2.05) is 49.5 Å². The van der Waals surface area contributed by atoms with E-state index in [4.69, 9.17) is 14.8 Å². The maximum Gasteiger partial charge on any atom is 0.229 e. The van der Waals surface area contributed by atoms with Gasteiger partial charge in [-0.3, -0.25) is 0 Å². The number of aliphatic hydroxyl groups is 1. The number of nitrogens with zero attached hydrogens (tertiary/aromatic N) is 6. The molecule has 1 saturated heterocycles. The molecule has 10 heteroatoms. The predicted octanol–water partition coefficient (Wildman–Crippen LogP) is 3.61. The number of methoxy groups -OCH3 is 1. The molecule has 0 radical (unpaired) electrons. The Hall–Kier alpha value is -3.99. The van der Waals surface area contributed by atoms with Crippen molar-refractivity contribution >= 4 is 17.3 Å². The Labute approximate surface area is 235 Å². The fourth-order valence-corrected chi connectivity index (χ4v) is 4.83. The highest BCUT2D eigenvalue weighted by Crippen LogP contribution is 2.35. The lowest BCUT2D eigenvalue weighted by Crippen LogP contribution is -2.44. The molecular weight excluding hydrogens is 504 g/mol. The smallest absolute Gasteiger partial charge is 0.229 e. The van der Waals surface area contributed by atoms with Crippen molar-refractivity contribution in [3.63, 3.8) is 0 Å². The quantitative estimate of drug-likeness (QED) is 0.277. The number of benzene rings is 2. The Kier molecular flexibility index (Phi) is 8.59. The van der Waals surface area contributed by atoms with Gasteiger partial charge in [0.25, 0.3) is 0 Å². The molecule has 1 fully saturated rings. The lowest BCUT2D eigenvalue weighted by Gasteiger charge is -2.35. The van der Waals surface area contributed by atoms with Crippen molar-refractivity contribution in [3.05, 3.63) is 72.1 Å². The molecule has 1 atom stereocenters. The average molecular weight is 543 g/mol. The lowest BCUT2D eigenvalue weighted by atomic mass is 10.1. The predicted molar refractivity (Wildman–Crippen MR) is 159 cm³/mol. The van der Waals surface area contributed by atoms with Gasteiger partial charge < -0.3 is 30.3 Å². The third kappa shape index (κ3) is 6.25. The molecule has 0 bridgehead atoms. The zero-order valence-corrected chi connectivity index (χ0v) is 23.6. The van der Waals surface area contributed by atoms with Crippen LogP contribution in [0, 0.1) is 6.92 Å². The van der Waals surface area contributed by atoms with Gasteiger partial charge in [-0.1, -0.05) is 30.3 Å². The molecule has 210 valence electrons. The average Bonchev–Trinajstić information content (AvgIpc) is 3.42. The zero-order valence-electron chi connectivity index (χ0n) is 23.6. The third-order valence-corrected chi connectivity index (χ3v) is 7.24. The topological polar surface area (TPSA) is 104 Å². The van der Waals surface area contributed by atoms with Crippen molar-refractivity contribution in [1.82, 2.24) is 30.0 Å². The number of nitrogens with one attached hydrogen (secondary N) is 2. The van der Waals surface area contributed by atoms with Crippen LogP contribution in [0.25, 0.3) is 17.1 Å². The number of rotatable bonds is 10. The molecule has 10 nitrogen and oxygen atoms in total. The molecule has 3 heterocycles. The van der Waals surface area contributed by atoms with Gasteiger partial charge in [0.2, 0.25) is 5.95 Å². The maximum absolute atomic E-state index is 9.46. The normalized spacial score (nSPS) is 14.8. The largest absolute Gasteiger partial charge is 0.494 e. The number of hydrogen-bond acceptors (Lipinski definition) is 9. The van der Waals surface area contributed by atoms with Crippen molar-refractivity contribution < 1.29 is 9.84 Å². The van der Waals surface area contributed by atoms with E-state index in [1.165, 1.54) is 5.69 Å². The Morgan fingerprint density at radius 3 is 2.58 bits per heavy atom. The first-order valence-electron chi connectivity index (χ1n) is 13.7. The van der Waals surface area contributed by atoms with Crippen molar-refractivity contribution in [3.8, 4) is 22.8 Å². The van der Waals surface area contributed by atoms with E-state index in [1.54, 1.807) is 18.0 Å². The number of aryl methyl sites for hydroxylation is 1. The summed E-state index contributed by atoms with van der Waals surface area (Å²) in [5.41, 5.74) is 6.05. The van der Waals surface area contributed by atoms with E-state index >= 15 is 0 Å². The minimum Gasteiger partial charge on any atom is -0.494 e. The van der Waals surface area contributed by atoms with E-state index in [2.05, 4.69) is 51.5 Å². The summed E-state index contributed by atoms with van der Waals surface area (Å²) in [6.45, 7) is 8.76. The first-order chi connectivity index (χ1) is 19.4. The number of aliphatic hydroxyl groups excluding tert-OH is 1. The minimum atomic E-state index is -0.0251. The summed E-state index contributed by atoms with van der Waals surface area (Å²) in [6, 6.07) is 16.1. The summed E-state index contributed by atoms with van der Waals surface area (Å²) in [6.07, 6.45) is 3.69. The highest BCUT2D eigenvalue weighted by Gasteiger charge is 2.19. The molecule has 2 aromatic heterocycles. The lowest BCUT2D eigenvalue weighted by molar-refractivity contribution is 0.251. The van der Waals surface area contributed by atoms with Gasteiger partial charge in [0, 0.05) is 80.1 Å². The van der Waals surface area contributed by atoms with Gasteiger partial charge in [0.05, 0.1) is 25.1 Å². The third-order valence-electron chi connectivity index (χ3n) is 7.24. The number of anilines is 3. The monoisotopic (exact) mass is 542 g/mol. The summed E-state index contributed by atoms with van der Waals surface area (Å²) in [5, 5.41) is 21.0. The fourth-order valence-electron chi connectivity index (χ4n) is 4.83. The molecule has 40 heavy (non-hydrogen) atoms. The van der Waals surface area contributed by atoms with Crippen LogP contribution in [-0.4, -0.2) is 82.7 Å². The van der Waals surface area contributed by atoms with Crippen LogP contribution in [0.15, 0.2) is 60.9 Å². The Morgan fingerprint density at radius 2 is 1.85 bits per heavy atom. The van der Waals surface area contributed by atoms with Crippen molar-refractivity contribution in [1.29, 1.82) is 0 Å². The Balaban J connectivity index is 1.41. The fraction of sp³-hybridized carbons (Fsp3) is 0.367. The van der Waals surface area contributed by atoms with Crippen molar-refractivity contribution in [2.75, 3.05) is 57.2 Å². The highest BCUT2D eigenvalue weighted by atomic mass is 16.5. The van der Waals surface area contributed by atoms with Gasteiger partial charge in [-0.15, -0.1) is 0 Å². The van der Waals surface area contributed by atoms with Crippen LogP contribution in [0.3, 0.4) is 0 Å². The summed E-state index contributed by atoms with van der Waals surface area (Å²) in [7, 11) is 3.84. The van der Waals surface area contributed by atoms with Crippen LogP contribution < -0.4 is 20.3 Å². The summed E-state index contributed by atoms with van der Waals surface area (Å²) in [5.74, 6) is 1.83. The number of likely N-dealkylation sites (N-methyl/N-ethyl adjacent to an activating group) is 1. The molecule has 0 amide bonds. The maximum atomic E-state index is 9.46. The van der Waals surface area contributed by atoms with Gasteiger partial charge in [-0.2, -0.15) is 10.1 Å². The molecule has 0 spiro atoms. The number of piperazine rings is 1. The van der Waals surface area contributed by atoms with Gasteiger partial charge in [0.15, 0.2) is 5.82 Å². The highest BCUT2D eigenvalue weighted by molar-refractivity contribution is 5.71. The van der Waals surface area contributed by atoms with Crippen LogP contribution in [0.2, 0.25) is 0 Å². The van der Waals surface area contributed by atoms with Crippen LogP contribution in [0.1, 0.15) is 18.1 Å². The number of aromatic nitrogens is 4. The second-order valence-corrected chi connectivity index (χ2v) is 10.3. The van der Waals surface area contributed by atoms with E-state index in [0.717, 1.165) is 60.0 Å². The molecule has 2 aromatic carbocycles. The van der Waals surface area contributed by atoms with E-state index in [9.17, 15) is 5.11 Å². The standard InChI is InChI=1S/C30H38N8O2/c1-21-16-25(27(40-4)17-26(21)37-14-12-36(3)13-15-37)33-30-31-11-10-28(34-30)38-19-24(18-32-22(2)20-39)29(35-38)23-8-6-5-7-9-23/h5-11,16-17,19,22,32,39H,12-15,18,20H2,1-4H3,(H,31,33,34). The van der Waals surface area contributed by atoms with E-state index < -0.39 is 0 Å². The van der Waals surface area contributed by atoms with Gasteiger partial charge in [0.1, 0.15) is 5.75 Å². The van der Waals surface area contributed by atoms with Gasteiger partial charge in [-0.25, -0.2) is 9.67 Å². The molecule has 3 N–H and O–H groups in total. The molecule has 1 aliphatic rings. The van der Waals surface area contributed by atoms with Gasteiger partial charge >= 0.3 is 0 Å². The SMILES string of the molecule is COc1cc(N2CCN(C)CC2)c(C)cc1Nc1nccc(-n2cc(CNC(C)CO)c(-c3ccccc3)n2)n1. The Bertz CT molecular complexity index is 1420. The summed E-state index contributed by atoms with van der Waals surface area (Å²) >= 11 is 0. The second kappa shape index (κ2) is 12.5. The second-order valence-electron chi connectivity index (χ2n) is 10.3. The summed E-state index contributed by atoms with van der Waals surface area (Å²) in [4.78, 5) is 14.0. The van der Waals surface area contributed by atoms with Crippen molar-refractivity contribution in [2.45, 2.75) is 26.4 Å². The number of ether oxygens (including phenoxy) is 1. The molecular formula is C30H38N8O2. The molecule has 5 rings (SSSR count).